The van der Waals surface area contributed by atoms with Crippen molar-refractivity contribution in [2.75, 3.05) is 10.2 Å². The summed E-state index contributed by atoms with van der Waals surface area (Å²) in [5.74, 6) is 1.11. The molecular weight excluding hydrogens is 332 g/mol. The van der Waals surface area contributed by atoms with Crippen molar-refractivity contribution in [3.63, 3.8) is 0 Å². The Hall–Kier alpha value is -2.87. The van der Waals surface area contributed by atoms with Crippen molar-refractivity contribution >= 4 is 39.4 Å². The second kappa shape index (κ2) is 5.89. The van der Waals surface area contributed by atoms with E-state index in [0.29, 0.717) is 5.02 Å². The molecule has 2 N–H and O–H groups in total. The number of hydrogen-bond acceptors (Lipinski definition) is 3. The maximum Gasteiger partial charge on any atom is 0.160 e. The Morgan fingerprint density at radius 1 is 1.00 bits per heavy atom. The summed E-state index contributed by atoms with van der Waals surface area (Å²) in [6.07, 6.45) is 0. The van der Waals surface area contributed by atoms with Crippen LogP contribution in [0, 0.1) is 0 Å². The zero-order valence-electron chi connectivity index (χ0n) is 14.0. The maximum absolute atomic E-state index is 10.2. The van der Waals surface area contributed by atoms with Crippen LogP contribution in [0.4, 0.5) is 17.1 Å². The molecule has 4 rings (SSSR count). The van der Waals surface area contributed by atoms with Crippen molar-refractivity contribution in [1.29, 1.82) is 0 Å². The Balaban J connectivity index is 2.05. The minimum Gasteiger partial charge on any atom is -0.507 e. The highest BCUT2D eigenvalue weighted by molar-refractivity contribution is 6.31. The zero-order chi connectivity index (χ0) is 17.6. The van der Waals surface area contributed by atoms with Gasteiger partial charge in [0, 0.05) is 15.8 Å². The highest BCUT2D eigenvalue weighted by Crippen LogP contribution is 2.46. The van der Waals surface area contributed by atoms with Crippen LogP contribution in [0.15, 0.2) is 71.7 Å². The minimum atomic E-state index is 0.269. The van der Waals surface area contributed by atoms with E-state index in [-0.39, 0.29) is 5.75 Å². The number of nitrogens with zero attached hydrogens (tertiary/aromatic N) is 1. The largest absolute Gasteiger partial charge is 0.507 e. The smallest absolute Gasteiger partial charge is 0.160 e. The molecule has 0 saturated carbocycles. The van der Waals surface area contributed by atoms with Gasteiger partial charge >= 0.3 is 0 Å². The zero-order valence-corrected chi connectivity index (χ0v) is 14.7. The van der Waals surface area contributed by atoms with Crippen LogP contribution >= 0.6 is 11.6 Å². The molecule has 3 aromatic carbocycles. The van der Waals surface area contributed by atoms with Crippen LogP contribution in [0.1, 0.15) is 13.8 Å². The van der Waals surface area contributed by atoms with Crippen LogP contribution in [-0.2, 0) is 0 Å². The first-order valence-corrected chi connectivity index (χ1v) is 8.44. The molecule has 25 heavy (non-hydrogen) atoms. The molecule has 0 atom stereocenters. The molecule has 0 unspecified atom stereocenters. The predicted molar refractivity (Wildman–Crippen MR) is 105 cm³/mol. The number of benzene rings is 3. The molecule has 3 nitrogen and oxygen atoms in total. The van der Waals surface area contributed by atoms with Gasteiger partial charge in [-0.15, -0.1) is 0 Å². The SMILES string of the molecule is CC(C)=C=C1Nc2ccc(Cl)cc2N1c1ccc(O)c2ccccc12. The molecule has 1 aliphatic rings. The van der Waals surface area contributed by atoms with Crippen LogP contribution in [0.5, 0.6) is 5.75 Å². The van der Waals surface area contributed by atoms with E-state index in [4.69, 9.17) is 11.6 Å². The number of anilines is 3. The lowest BCUT2D eigenvalue weighted by Gasteiger charge is -2.21. The van der Waals surface area contributed by atoms with Gasteiger partial charge in [-0.05, 0) is 49.8 Å². The van der Waals surface area contributed by atoms with Crippen molar-refractivity contribution in [3.05, 3.63) is 76.7 Å². The molecule has 0 saturated heterocycles. The van der Waals surface area contributed by atoms with Gasteiger partial charge in [0.15, 0.2) is 5.82 Å². The maximum atomic E-state index is 10.2. The Morgan fingerprint density at radius 2 is 1.76 bits per heavy atom. The molecule has 0 radical (unpaired) electrons. The van der Waals surface area contributed by atoms with Gasteiger partial charge in [0.2, 0.25) is 0 Å². The lowest BCUT2D eigenvalue weighted by atomic mass is 10.1. The Bertz CT molecular complexity index is 1060. The summed E-state index contributed by atoms with van der Waals surface area (Å²) < 4.78 is 0. The molecule has 0 aliphatic carbocycles. The van der Waals surface area contributed by atoms with Crippen LogP contribution in [0.3, 0.4) is 0 Å². The van der Waals surface area contributed by atoms with E-state index >= 15 is 0 Å². The van der Waals surface area contributed by atoms with E-state index in [1.807, 2.05) is 62.4 Å². The summed E-state index contributed by atoms with van der Waals surface area (Å²) in [5, 5.41) is 16.1. The number of phenols is 1. The van der Waals surface area contributed by atoms with E-state index in [1.165, 1.54) is 0 Å². The molecule has 124 valence electrons. The van der Waals surface area contributed by atoms with Crippen molar-refractivity contribution < 1.29 is 5.11 Å². The first-order valence-electron chi connectivity index (χ1n) is 8.06. The second-order valence-corrected chi connectivity index (χ2v) is 6.68. The number of fused-ring (bicyclic) bond motifs is 2. The molecule has 0 amide bonds. The number of rotatable bonds is 1. The summed E-state index contributed by atoms with van der Waals surface area (Å²) in [5.41, 5.74) is 7.35. The number of nitrogens with one attached hydrogen (secondary N) is 1. The third-order valence-corrected chi connectivity index (χ3v) is 4.40. The molecule has 0 bridgehead atoms. The van der Waals surface area contributed by atoms with Crippen LogP contribution in [0.25, 0.3) is 10.8 Å². The number of aromatic hydroxyl groups is 1. The molecular formula is C21H17ClN2O. The monoisotopic (exact) mass is 348 g/mol. The van der Waals surface area contributed by atoms with E-state index in [2.05, 4.69) is 15.9 Å². The quantitative estimate of drug-likeness (QED) is 0.516. The number of allylic oxidation sites excluding steroid dienone is 1. The van der Waals surface area contributed by atoms with Gasteiger partial charge in [-0.25, -0.2) is 0 Å². The summed E-state index contributed by atoms with van der Waals surface area (Å²) >= 11 is 6.24. The van der Waals surface area contributed by atoms with Gasteiger partial charge in [0.1, 0.15) is 5.75 Å². The fourth-order valence-corrected chi connectivity index (χ4v) is 3.30. The van der Waals surface area contributed by atoms with Gasteiger partial charge in [0.05, 0.1) is 17.1 Å². The highest BCUT2D eigenvalue weighted by Gasteiger charge is 2.27. The van der Waals surface area contributed by atoms with Crippen LogP contribution in [0.2, 0.25) is 5.02 Å². The first kappa shape index (κ1) is 15.6. The summed E-state index contributed by atoms with van der Waals surface area (Å²) in [4.78, 5) is 2.09. The molecule has 1 heterocycles. The Labute approximate surface area is 151 Å². The fraction of sp³-hybridized carbons (Fsp3) is 0.0952. The normalized spacial score (nSPS) is 12.8. The first-order chi connectivity index (χ1) is 12.0. The van der Waals surface area contributed by atoms with Crippen molar-refractivity contribution in [2.24, 2.45) is 0 Å². The van der Waals surface area contributed by atoms with Crippen molar-refractivity contribution in [1.82, 2.24) is 0 Å². The third-order valence-electron chi connectivity index (χ3n) is 4.16. The van der Waals surface area contributed by atoms with Gasteiger partial charge in [-0.2, -0.15) is 0 Å². The number of hydrogen-bond donors (Lipinski definition) is 2. The lowest BCUT2D eigenvalue weighted by Crippen LogP contribution is -2.14. The third kappa shape index (κ3) is 2.64. The average molecular weight is 349 g/mol. The van der Waals surface area contributed by atoms with Crippen LogP contribution in [-0.4, -0.2) is 5.11 Å². The van der Waals surface area contributed by atoms with Gasteiger partial charge in [0.25, 0.3) is 0 Å². The summed E-state index contributed by atoms with van der Waals surface area (Å²) in [6, 6.07) is 17.2. The van der Waals surface area contributed by atoms with Crippen molar-refractivity contribution in [3.8, 4) is 5.75 Å². The molecule has 4 heteroatoms. The lowest BCUT2D eigenvalue weighted by molar-refractivity contribution is 0.481. The predicted octanol–water partition coefficient (Wildman–Crippen LogP) is 6.17. The second-order valence-electron chi connectivity index (χ2n) is 6.24. The molecule has 0 fully saturated rings. The van der Waals surface area contributed by atoms with E-state index < -0.39 is 0 Å². The van der Waals surface area contributed by atoms with E-state index in [1.54, 1.807) is 6.07 Å². The Morgan fingerprint density at radius 3 is 2.52 bits per heavy atom. The summed E-state index contributed by atoms with van der Waals surface area (Å²) in [6.45, 7) is 4.02. The fourth-order valence-electron chi connectivity index (χ4n) is 3.14. The van der Waals surface area contributed by atoms with E-state index in [0.717, 1.165) is 39.2 Å². The topological polar surface area (TPSA) is 35.5 Å². The van der Waals surface area contributed by atoms with Gasteiger partial charge < -0.3 is 10.4 Å². The highest BCUT2D eigenvalue weighted by atomic mass is 35.5. The van der Waals surface area contributed by atoms with Crippen LogP contribution < -0.4 is 10.2 Å². The molecule has 0 aromatic heterocycles. The number of phenolic OH excluding ortho intramolecular Hbond substituents is 1. The molecule has 1 aliphatic heterocycles. The summed E-state index contributed by atoms with van der Waals surface area (Å²) in [7, 11) is 0. The molecule has 3 aromatic rings. The van der Waals surface area contributed by atoms with Crippen molar-refractivity contribution in [2.45, 2.75) is 13.8 Å². The van der Waals surface area contributed by atoms with Gasteiger partial charge in [-0.3, -0.25) is 4.90 Å². The molecule has 0 spiro atoms. The van der Waals surface area contributed by atoms with E-state index in [9.17, 15) is 5.11 Å². The number of halogens is 1. The van der Waals surface area contributed by atoms with Gasteiger partial charge in [-0.1, -0.05) is 41.6 Å². The standard InChI is InChI=1S/C21H17ClN2O/c1-13(2)11-21-23-17-8-7-14(22)12-19(17)24(21)18-9-10-20(25)16-6-4-3-5-15(16)18/h3-10,12,23,25H,1-2H3. The average Bonchev–Trinajstić information content (AvgIpc) is 2.92. The Kier molecular flexibility index (Phi) is 3.69. The minimum absolute atomic E-state index is 0.269.